The molecule has 8 aromatic heterocycles. The highest BCUT2D eigenvalue weighted by molar-refractivity contribution is 6.10. The lowest BCUT2D eigenvalue weighted by atomic mass is 10.2. The van der Waals surface area contributed by atoms with Crippen LogP contribution in [0.5, 0.6) is 0 Å². The SMILES string of the molecule is Cn1cc(NC(=O)c2cc(NC(=O)c3cc(NC(=O)c4nc(NC(=O)[C@H](N)CCNC(=O)c5nc(NC(=O)c6cc(NC(=O)c7nc(NC(=O)c8nccn8C)cn7C)cn6C)cn5C)cn4C)cn3C)cn2C)cc1C(=O)NCCCN. The van der Waals surface area contributed by atoms with Crippen LogP contribution in [0.1, 0.15) is 97.3 Å². The fourth-order valence-electron chi connectivity index (χ4n) is 8.51. The number of anilines is 7. The summed E-state index contributed by atoms with van der Waals surface area (Å²) in [6, 6.07) is 4.80. The number of aryl methyl sites for hydroxylation is 8. The number of hydrogen-bond donors (Lipinski definition) is 11. The fraction of sp³-hybridized carbons (Fsp3) is 0.275. The van der Waals surface area contributed by atoms with Gasteiger partial charge < -0.3 is 95.9 Å². The fourth-order valence-corrected chi connectivity index (χ4v) is 8.51. The molecule has 9 amide bonds. The van der Waals surface area contributed by atoms with Crippen LogP contribution in [0.2, 0.25) is 0 Å². The molecular formula is C51H61N23O9. The Morgan fingerprint density at radius 1 is 0.422 bits per heavy atom. The first kappa shape index (κ1) is 58.3. The zero-order valence-corrected chi connectivity index (χ0v) is 46.3. The van der Waals surface area contributed by atoms with Gasteiger partial charge in [0.15, 0.2) is 23.3 Å². The number of nitrogens with zero attached hydrogens (tertiary/aromatic N) is 12. The van der Waals surface area contributed by atoms with Crippen molar-refractivity contribution in [3.8, 4) is 0 Å². The summed E-state index contributed by atoms with van der Waals surface area (Å²) in [6.45, 7) is 0.802. The monoisotopic (exact) mass is 1140 g/mol. The summed E-state index contributed by atoms with van der Waals surface area (Å²) in [4.78, 5) is 135. The van der Waals surface area contributed by atoms with E-state index in [0.29, 0.717) is 36.6 Å². The van der Waals surface area contributed by atoms with Crippen molar-refractivity contribution in [3.63, 3.8) is 0 Å². The van der Waals surface area contributed by atoms with Crippen LogP contribution in [0.15, 0.2) is 80.0 Å². The molecule has 0 fully saturated rings. The van der Waals surface area contributed by atoms with E-state index < -0.39 is 53.3 Å². The smallest absolute Gasteiger partial charge is 0.292 e. The Hall–Kier alpha value is -10.9. The molecule has 0 spiro atoms. The molecule has 13 N–H and O–H groups in total. The van der Waals surface area contributed by atoms with Crippen LogP contribution in [0, 0.1) is 0 Å². The van der Waals surface area contributed by atoms with Gasteiger partial charge >= 0.3 is 0 Å². The van der Waals surface area contributed by atoms with E-state index in [-0.39, 0.29) is 88.1 Å². The zero-order valence-electron chi connectivity index (χ0n) is 46.3. The third kappa shape index (κ3) is 13.6. The molecule has 0 aliphatic rings. The van der Waals surface area contributed by atoms with Crippen molar-refractivity contribution in [2.75, 3.05) is 56.9 Å². The van der Waals surface area contributed by atoms with Gasteiger partial charge in [0.1, 0.15) is 22.8 Å². The molecule has 0 aliphatic heterocycles. The van der Waals surface area contributed by atoms with Gasteiger partial charge in [-0.1, -0.05) is 0 Å². The highest BCUT2D eigenvalue weighted by Gasteiger charge is 2.25. The molecule has 8 aromatic rings. The Morgan fingerprint density at radius 2 is 0.783 bits per heavy atom. The number of carbonyl (C=O) groups excluding carboxylic acids is 9. The second kappa shape index (κ2) is 24.6. The van der Waals surface area contributed by atoms with Gasteiger partial charge in [0, 0.05) is 125 Å². The lowest BCUT2D eigenvalue weighted by Crippen LogP contribution is -2.39. The van der Waals surface area contributed by atoms with Gasteiger partial charge in [-0.25, -0.2) is 19.9 Å². The van der Waals surface area contributed by atoms with E-state index in [4.69, 9.17) is 11.5 Å². The maximum absolute atomic E-state index is 13.4. The lowest BCUT2D eigenvalue weighted by molar-refractivity contribution is -0.117. The predicted molar refractivity (Wildman–Crippen MR) is 302 cm³/mol. The number of aromatic nitrogens is 12. The van der Waals surface area contributed by atoms with Crippen molar-refractivity contribution < 1.29 is 43.2 Å². The highest BCUT2D eigenvalue weighted by atomic mass is 16.2. The first-order valence-electron chi connectivity index (χ1n) is 25.4. The van der Waals surface area contributed by atoms with E-state index in [9.17, 15) is 43.2 Å². The molecule has 0 saturated carbocycles. The third-order valence-electron chi connectivity index (χ3n) is 12.7. The summed E-state index contributed by atoms with van der Waals surface area (Å²) in [6.07, 6.45) is 14.2. The molecule has 0 radical (unpaired) electrons. The van der Waals surface area contributed by atoms with E-state index in [1.54, 1.807) is 85.6 Å². The molecule has 8 rings (SSSR count). The molecule has 1 atom stereocenters. The Kier molecular flexibility index (Phi) is 17.3. The number of hydrogen-bond acceptors (Lipinski definition) is 15. The van der Waals surface area contributed by atoms with E-state index in [0.717, 1.165) is 0 Å². The van der Waals surface area contributed by atoms with Gasteiger partial charge in [-0.15, -0.1) is 0 Å². The van der Waals surface area contributed by atoms with Crippen LogP contribution in [0.4, 0.5) is 40.2 Å². The molecule has 32 heteroatoms. The van der Waals surface area contributed by atoms with Gasteiger partial charge in [0.2, 0.25) is 23.4 Å². The van der Waals surface area contributed by atoms with Gasteiger partial charge in [0.25, 0.3) is 47.3 Å². The van der Waals surface area contributed by atoms with Crippen LogP contribution in [0.25, 0.3) is 0 Å². The number of imidazole rings is 4. The van der Waals surface area contributed by atoms with Crippen LogP contribution < -0.4 is 59.3 Å². The summed E-state index contributed by atoms with van der Waals surface area (Å²) < 4.78 is 11.8. The topological polar surface area (TPSA) is 405 Å². The zero-order chi connectivity index (χ0) is 60.0. The highest BCUT2D eigenvalue weighted by Crippen LogP contribution is 2.22. The Morgan fingerprint density at radius 3 is 1.20 bits per heavy atom. The number of rotatable bonds is 22. The minimum Gasteiger partial charge on any atom is -0.351 e. The van der Waals surface area contributed by atoms with Crippen LogP contribution in [0.3, 0.4) is 0 Å². The first-order valence-corrected chi connectivity index (χ1v) is 25.4. The van der Waals surface area contributed by atoms with Crippen molar-refractivity contribution in [3.05, 3.63) is 126 Å². The number of nitrogens with one attached hydrogen (secondary N) is 9. The number of carbonyl (C=O) groups is 9. The summed E-state index contributed by atoms with van der Waals surface area (Å²) >= 11 is 0. The molecule has 0 aromatic carbocycles. The first-order chi connectivity index (χ1) is 39.5. The average molecular weight is 1140 g/mol. The third-order valence-corrected chi connectivity index (χ3v) is 12.7. The minimum atomic E-state index is -1.12. The normalized spacial score (nSPS) is 11.4. The van der Waals surface area contributed by atoms with Crippen molar-refractivity contribution in [2.45, 2.75) is 18.9 Å². The van der Waals surface area contributed by atoms with Crippen molar-refractivity contribution in [2.24, 2.45) is 67.8 Å². The minimum absolute atomic E-state index is 0.0133. The Labute approximate surface area is 472 Å². The molecule has 32 nitrogen and oxygen atoms in total. The van der Waals surface area contributed by atoms with Gasteiger partial charge in [-0.2, -0.15) is 0 Å². The van der Waals surface area contributed by atoms with Gasteiger partial charge in [0.05, 0.1) is 28.8 Å². The molecule has 434 valence electrons. The van der Waals surface area contributed by atoms with Gasteiger partial charge in [-0.05, 0) is 43.7 Å². The maximum atomic E-state index is 13.4. The van der Waals surface area contributed by atoms with E-state index in [1.165, 1.54) is 87.3 Å². The van der Waals surface area contributed by atoms with E-state index >= 15 is 0 Å². The largest absolute Gasteiger partial charge is 0.351 e. The molecule has 0 bridgehead atoms. The standard InChI is InChI=1S/C51H61N23O9/c1-67-15-14-54-39(67)49(81)66-38-26-74(8)42(63-38)51(83)60-30-19-35(71(5)23-30)47(79)65-37-25-72(6)40(61-37)48(80)56-13-10-31(53)43(75)64-36-24-73(7)41(62-36)50(82)59-29-18-34(70(4)22-29)46(78)58-28-17-33(69(3)21-28)45(77)57-27-16-32(68(2)20-27)44(76)55-12-9-11-52/h14-26,31H,9-13,52-53H2,1-8H3,(H,55,76)(H,56,80)(H,57,77)(H,58,78)(H,59,82)(H,60,83)(H,64,75)(H,65,79)(H,66,81)/t31-/m1/s1. The van der Waals surface area contributed by atoms with Crippen LogP contribution >= 0.6 is 0 Å². The second-order valence-electron chi connectivity index (χ2n) is 19.2. The molecule has 0 unspecified atom stereocenters. The van der Waals surface area contributed by atoms with Crippen molar-refractivity contribution in [1.82, 2.24) is 67.1 Å². The Balaban J connectivity index is 0.774. The molecular weight excluding hydrogens is 1080 g/mol. The predicted octanol–water partition coefficient (Wildman–Crippen LogP) is 0.653. The summed E-state index contributed by atoms with van der Waals surface area (Å²) in [5.74, 6) is -4.83. The summed E-state index contributed by atoms with van der Waals surface area (Å²) in [5.41, 5.74) is 13.8. The molecule has 83 heavy (non-hydrogen) atoms. The van der Waals surface area contributed by atoms with Crippen molar-refractivity contribution in [1.29, 1.82) is 0 Å². The van der Waals surface area contributed by atoms with Crippen molar-refractivity contribution >= 4 is 93.4 Å². The van der Waals surface area contributed by atoms with Crippen LogP contribution in [-0.2, 0) is 61.2 Å². The van der Waals surface area contributed by atoms with E-state index in [1.807, 2.05) is 0 Å². The summed E-state index contributed by atoms with van der Waals surface area (Å²) in [5, 5.41) is 24.2. The maximum Gasteiger partial charge on any atom is 0.292 e. The average Bonchev–Trinajstić information content (AvgIpc) is 4.48. The molecule has 0 saturated heterocycles. The van der Waals surface area contributed by atoms with E-state index in [2.05, 4.69) is 67.8 Å². The number of nitrogens with two attached hydrogens (primary N) is 2. The molecule has 8 heterocycles. The quantitative estimate of drug-likeness (QED) is 0.0415. The summed E-state index contributed by atoms with van der Waals surface area (Å²) in [7, 11) is 12.8. The lowest BCUT2D eigenvalue weighted by Gasteiger charge is -2.11. The number of amides is 9. The second-order valence-corrected chi connectivity index (χ2v) is 19.2. The van der Waals surface area contributed by atoms with Crippen LogP contribution in [-0.4, -0.2) is 135 Å². The molecule has 0 aliphatic carbocycles. The Bertz CT molecular complexity index is 3840. The van der Waals surface area contributed by atoms with Gasteiger partial charge in [-0.3, -0.25) is 43.2 Å².